The van der Waals surface area contributed by atoms with Crippen molar-refractivity contribution in [1.82, 2.24) is 24.0 Å². The summed E-state index contributed by atoms with van der Waals surface area (Å²) in [4.78, 5) is 12.0. The van der Waals surface area contributed by atoms with Crippen LogP contribution in [-0.2, 0) is 26.2 Å². The van der Waals surface area contributed by atoms with E-state index >= 15 is 0 Å². The maximum atomic E-state index is 5.70. The number of nitrogens with zero attached hydrogens (tertiary/aromatic N) is 5. The Balaban J connectivity index is 1.30. The minimum atomic E-state index is 0.257. The fraction of sp³-hybridized carbons (Fsp3) is 0.273. The fourth-order valence-electron chi connectivity index (χ4n) is 5.56. The average Bonchev–Trinajstić information content (AvgIpc) is 3.83. The van der Waals surface area contributed by atoms with Gasteiger partial charge in [-0.2, -0.15) is 0 Å². The number of benzene rings is 3. The first-order chi connectivity index (χ1) is 20.7. The van der Waals surface area contributed by atoms with Gasteiger partial charge in [0.05, 0.1) is 5.69 Å². The van der Waals surface area contributed by atoms with E-state index < -0.39 is 0 Å². The van der Waals surface area contributed by atoms with Crippen LogP contribution in [-0.4, -0.2) is 37.6 Å². The van der Waals surface area contributed by atoms with Crippen molar-refractivity contribution in [3.05, 3.63) is 102 Å². The Labute approximate surface area is 244 Å². The molecule has 0 unspecified atom stereocenters. The smallest absolute Gasteiger partial charge is 0.231 e. The first kappa shape index (κ1) is 26.2. The summed E-state index contributed by atoms with van der Waals surface area (Å²) in [6.07, 6.45) is 7.73. The summed E-state index contributed by atoms with van der Waals surface area (Å²) in [5.41, 5.74) is 4.53. The number of imidazole rings is 2. The lowest BCUT2D eigenvalue weighted by Crippen LogP contribution is -2.25. The molecule has 0 radical (unpaired) electrons. The van der Waals surface area contributed by atoms with Crippen LogP contribution in [0.3, 0.4) is 0 Å². The zero-order valence-electron chi connectivity index (χ0n) is 23.6. The van der Waals surface area contributed by atoms with Crippen molar-refractivity contribution >= 4 is 0 Å². The Morgan fingerprint density at radius 3 is 2.07 bits per heavy atom. The molecule has 0 bridgehead atoms. The van der Waals surface area contributed by atoms with Gasteiger partial charge in [0.25, 0.3) is 0 Å². The van der Waals surface area contributed by atoms with Gasteiger partial charge in [-0.15, -0.1) is 0 Å². The van der Waals surface area contributed by atoms with Gasteiger partial charge in [-0.3, -0.25) is 9.47 Å². The van der Waals surface area contributed by atoms with Crippen molar-refractivity contribution in [3.63, 3.8) is 0 Å². The number of hydrogen-bond donors (Lipinski definition) is 0. The van der Waals surface area contributed by atoms with Crippen molar-refractivity contribution < 1.29 is 18.9 Å². The molecule has 7 rings (SSSR count). The van der Waals surface area contributed by atoms with Gasteiger partial charge >= 0.3 is 0 Å². The molecule has 0 saturated heterocycles. The summed E-state index contributed by atoms with van der Waals surface area (Å²) in [6, 6.07) is 22.8. The van der Waals surface area contributed by atoms with E-state index in [-0.39, 0.29) is 13.6 Å². The predicted molar refractivity (Wildman–Crippen MR) is 158 cm³/mol. The Morgan fingerprint density at radius 1 is 0.786 bits per heavy atom. The maximum absolute atomic E-state index is 5.70. The Kier molecular flexibility index (Phi) is 7.24. The number of hydrogen-bond acceptors (Lipinski definition) is 7. The zero-order valence-corrected chi connectivity index (χ0v) is 23.6. The molecule has 0 saturated carbocycles. The number of ether oxygens (including phenoxy) is 4. The van der Waals surface area contributed by atoms with E-state index in [1.54, 1.807) is 6.20 Å². The molecule has 9 nitrogen and oxygen atoms in total. The summed E-state index contributed by atoms with van der Waals surface area (Å²) < 4.78 is 26.9. The third-order valence-corrected chi connectivity index (χ3v) is 7.63. The quantitative estimate of drug-likeness (QED) is 0.190. The van der Waals surface area contributed by atoms with Crippen molar-refractivity contribution in [3.8, 4) is 40.2 Å². The molecule has 0 atom stereocenters. The Hall–Kier alpha value is -4.76. The van der Waals surface area contributed by atoms with Crippen LogP contribution in [0.2, 0.25) is 0 Å². The van der Waals surface area contributed by atoms with Crippen LogP contribution < -0.4 is 18.9 Å². The lowest BCUT2D eigenvalue weighted by atomic mass is 10.1. The van der Waals surface area contributed by atoms with Crippen LogP contribution in [0.5, 0.6) is 23.0 Å². The average molecular weight is 564 g/mol. The number of aromatic nitrogens is 4. The van der Waals surface area contributed by atoms with Crippen LogP contribution in [0.15, 0.2) is 85.5 Å². The summed E-state index contributed by atoms with van der Waals surface area (Å²) >= 11 is 0. The second kappa shape index (κ2) is 11.6. The minimum Gasteiger partial charge on any atom is -0.454 e. The first-order valence-electron chi connectivity index (χ1n) is 14.4. The van der Waals surface area contributed by atoms with E-state index in [0.717, 1.165) is 76.4 Å². The minimum absolute atomic E-state index is 0.257. The van der Waals surface area contributed by atoms with Crippen LogP contribution in [0.1, 0.15) is 36.6 Å². The largest absolute Gasteiger partial charge is 0.454 e. The molecular weight excluding hydrogens is 530 g/mol. The molecule has 5 aromatic rings. The van der Waals surface area contributed by atoms with Gasteiger partial charge in [0.2, 0.25) is 13.6 Å². The van der Waals surface area contributed by atoms with Gasteiger partial charge in [-0.25, -0.2) is 9.97 Å². The van der Waals surface area contributed by atoms with Gasteiger partial charge in [0, 0.05) is 44.1 Å². The molecule has 4 heterocycles. The second-order valence-corrected chi connectivity index (χ2v) is 10.6. The summed E-state index contributed by atoms with van der Waals surface area (Å²) in [5, 5.41) is 0. The summed E-state index contributed by atoms with van der Waals surface area (Å²) in [7, 11) is 0. The first-order valence-corrected chi connectivity index (χ1v) is 14.4. The van der Waals surface area contributed by atoms with Crippen LogP contribution in [0.4, 0.5) is 0 Å². The molecule has 0 N–H and O–H groups in total. The Bertz CT molecular complexity index is 1610. The van der Waals surface area contributed by atoms with E-state index in [1.807, 2.05) is 35.3 Å². The monoisotopic (exact) mass is 563 g/mol. The topological polar surface area (TPSA) is 75.8 Å². The highest BCUT2D eigenvalue weighted by Gasteiger charge is 2.24. The molecule has 9 heteroatoms. The predicted octanol–water partition coefficient (Wildman–Crippen LogP) is 6.20. The number of unbranched alkanes of at least 4 members (excludes halogenated alkanes) is 1. The molecule has 0 spiro atoms. The van der Waals surface area contributed by atoms with Gasteiger partial charge in [0.1, 0.15) is 12.2 Å². The van der Waals surface area contributed by atoms with E-state index in [1.165, 1.54) is 0 Å². The van der Waals surface area contributed by atoms with Crippen molar-refractivity contribution in [1.29, 1.82) is 0 Å². The number of fused-ring (bicyclic) bond motifs is 2. The fourth-order valence-corrected chi connectivity index (χ4v) is 5.56. The molecule has 3 aromatic carbocycles. The Morgan fingerprint density at radius 2 is 1.45 bits per heavy atom. The summed E-state index contributed by atoms with van der Waals surface area (Å²) in [6.45, 7) is 5.68. The van der Waals surface area contributed by atoms with Gasteiger partial charge < -0.3 is 23.5 Å². The molecule has 2 aliphatic rings. The molecule has 2 aromatic heterocycles. The lowest BCUT2D eigenvalue weighted by molar-refractivity contribution is 0.173. The van der Waals surface area contributed by atoms with Crippen LogP contribution in [0, 0.1) is 0 Å². The highest BCUT2D eigenvalue weighted by atomic mass is 16.7. The highest BCUT2D eigenvalue weighted by molar-refractivity contribution is 5.59. The third kappa shape index (κ3) is 5.31. The van der Waals surface area contributed by atoms with Gasteiger partial charge in [-0.1, -0.05) is 55.8 Å². The van der Waals surface area contributed by atoms with E-state index in [4.69, 9.17) is 23.9 Å². The summed E-state index contributed by atoms with van der Waals surface area (Å²) in [5.74, 6) is 5.00. The standard InChI is InChI=1S/C33H33N5O4/c1-2-3-14-38-27(33(37-15-13-34-21-37)35-32(38)26-7-5-4-6-8-26)20-36(18-24-9-11-28-30(16-24)41-22-39-28)19-25-10-12-29-31(17-25)42-23-40-29/h4-13,15-17,21H,2-3,14,18-20,22-23H2,1H3. The molecular formula is C33H33N5O4. The van der Waals surface area contributed by atoms with Gasteiger partial charge in [0.15, 0.2) is 28.8 Å². The molecule has 0 aliphatic carbocycles. The molecule has 42 heavy (non-hydrogen) atoms. The van der Waals surface area contributed by atoms with Crippen molar-refractivity contribution in [2.75, 3.05) is 13.6 Å². The highest BCUT2D eigenvalue weighted by Crippen LogP contribution is 2.35. The zero-order chi connectivity index (χ0) is 28.3. The second-order valence-electron chi connectivity index (χ2n) is 10.6. The third-order valence-electron chi connectivity index (χ3n) is 7.63. The molecule has 0 fully saturated rings. The van der Waals surface area contributed by atoms with E-state index in [0.29, 0.717) is 19.6 Å². The number of rotatable bonds is 11. The lowest BCUT2D eigenvalue weighted by Gasteiger charge is -2.25. The maximum Gasteiger partial charge on any atom is 0.231 e. The molecule has 214 valence electrons. The van der Waals surface area contributed by atoms with Crippen LogP contribution in [0.25, 0.3) is 17.2 Å². The SMILES string of the molecule is CCCCn1c(-c2ccccc2)nc(-n2ccnc2)c1CN(Cc1ccc2c(c1)OCO2)Cc1ccc2c(c1)OCO2. The van der Waals surface area contributed by atoms with E-state index in [2.05, 4.69) is 69.9 Å². The molecule has 2 aliphatic heterocycles. The van der Waals surface area contributed by atoms with Crippen molar-refractivity contribution in [2.45, 2.75) is 45.9 Å². The van der Waals surface area contributed by atoms with Gasteiger partial charge in [-0.05, 0) is 41.8 Å². The molecule has 0 amide bonds. The normalized spacial score (nSPS) is 13.3. The van der Waals surface area contributed by atoms with Crippen molar-refractivity contribution in [2.24, 2.45) is 0 Å². The van der Waals surface area contributed by atoms with Crippen LogP contribution >= 0.6 is 0 Å². The van der Waals surface area contributed by atoms with E-state index in [9.17, 15) is 0 Å².